The molecule has 0 radical (unpaired) electrons. The Morgan fingerprint density at radius 3 is 2.60 bits per heavy atom. The van der Waals surface area contributed by atoms with Crippen molar-refractivity contribution in [3.05, 3.63) is 51.4 Å². The Bertz CT molecular complexity index is 768. The Balaban J connectivity index is 1.75. The summed E-state index contributed by atoms with van der Waals surface area (Å²) in [5.41, 5.74) is 2.08. The molecule has 0 spiro atoms. The van der Waals surface area contributed by atoms with Crippen LogP contribution in [0.5, 0.6) is 0 Å². The van der Waals surface area contributed by atoms with Crippen LogP contribution in [0, 0.1) is 0 Å². The van der Waals surface area contributed by atoms with Crippen LogP contribution in [0.4, 0.5) is 5.00 Å². The van der Waals surface area contributed by atoms with Gasteiger partial charge in [-0.3, -0.25) is 4.79 Å². The van der Waals surface area contributed by atoms with Gasteiger partial charge in [-0.05, 0) is 30.2 Å². The van der Waals surface area contributed by atoms with Crippen molar-refractivity contribution < 1.29 is 9.53 Å². The summed E-state index contributed by atoms with van der Waals surface area (Å²) in [5, 5.41) is 1.92. The molecule has 4 rings (SSSR count). The second kappa shape index (κ2) is 6.98. The van der Waals surface area contributed by atoms with E-state index >= 15 is 0 Å². The Morgan fingerprint density at radius 2 is 1.88 bits per heavy atom. The molecule has 0 aliphatic carbocycles. The Morgan fingerprint density at radius 1 is 1.16 bits per heavy atom. The molecular formula is C19H21ClN2O2S. The molecule has 132 valence electrons. The highest BCUT2D eigenvalue weighted by molar-refractivity contribution is 7.16. The summed E-state index contributed by atoms with van der Waals surface area (Å²) in [7, 11) is 1.89. The van der Waals surface area contributed by atoms with Gasteiger partial charge in [0.1, 0.15) is 0 Å². The van der Waals surface area contributed by atoms with Crippen LogP contribution in [0.1, 0.15) is 33.1 Å². The molecule has 0 saturated carbocycles. The lowest BCUT2D eigenvalue weighted by molar-refractivity contribution is 0.0800. The molecule has 1 saturated heterocycles. The van der Waals surface area contributed by atoms with Crippen molar-refractivity contribution in [2.75, 3.05) is 44.8 Å². The SMILES string of the molecule is CN1CCC(c2ccc(Cl)cc2)c2sc(N3CCOCC3)cc2C1=O. The van der Waals surface area contributed by atoms with Crippen molar-refractivity contribution >= 4 is 33.8 Å². The third kappa shape index (κ3) is 3.28. The van der Waals surface area contributed by atoms with Crippen molar-refractivity contribution in [1.29, 1.82) is 0 Å². The summed E-state index contributed by atoms with van der Waals surface area (Å²) in [4.78, 5) is 18.2. The number of fused-ring (bicyclic) bond motifs is 1. The van der Waals surface area contributed by atoms with Gasteiger partial charge < -0.3 is 14.5 Å². The van der Waals surface area contributed by atoms with Gasteiger partial charge in [0.05, 0.1) is 23.8 Å². The first-order valence-electron chi connectivity index (χ1n) is 8.61. The number of nitrogens with zero attached hydrogens (tertiary/aromatic N) is 2. The minimum atomic E-state index is 0.127. The molecule has 1 aromatic heterocycles. The first kappa shape index (κ1) is 16.9. The van der Waals surface area contributed by atoms with E-state index in [0.717, 1.165) is 49.9 Å². The normalized spacial score (nSPS) is 21.2. The standard InChI is InChI=1S/C19H21ClN2O2S/c1-21-7-6-15(13-2-4-14(20)5-3-13)18-16(19(21)23)12-17(25-18)22-8-10-24-11-9-22/h2-5,12,15H,6-11H2,1H3. The number of rotatable bonds is 2. The van der Waals surface area contributed by atoms with Gasteiger partial charge in [-0.25, -0.2) is 0 Å². The minimum absolute atomic E-state index is 0.127. The predicted octanol–water partition coefficient (Wildman–Crippen LogP) is 3.85. The molecule has 4 nitrogen and oxygen atoms in total. The first-order valence-corrected chi connectivity index (χ1v) is 9.80. The Kier molecular flexibility index (Phi) is 4.71. The van der Waals surface area contributed by atoms with E-state index in [1.54, 1.807) is 11.3 Å². The molecule has 0 bridgehead atoms. The monoisotopic (exact) mass is 376 g/mol. The van der Waals surface area contributed by atoms with Crippen LogP contribution < -0.4 is 4.90 Å². The number of anilines is 1. The van der Waals surface area contributed by atoms with E-state index in [2.05, 4.69) is 23.1 Å². The maximum atomic E-state index is 12.8. The molecule has 2 aromatic rings. The van der Waals surface area contributed by atoms with Crippen molar-refractivity contribution in [3.8, 4) is 0 Å². The van der Waals surface area contributed by atoms with Gasteiger partial charge in [0.15, 0.2) is 0 Å². The van der Waals surface area contributed by atoms with Gasteiger partial charge in [-0.2, -0.15) is 0 Å². The fourth-order valence-corrected chi connectivity index (χ4v) is 5.02. The summed E-state index contributed by atoms with van der Waals surface area (Å²) in [6.45, 7) is 4.03. The number of thiophene rings is 1. The van der Waals surface area contributed by atoms with Crippen LogP contribution in [0.15, 0.2) is 30.3 Å². The summed E-state index contributed by atoms with van der Waals surface area (Å²) in [6.07, 6.45) is 0.930. The minimum Gasteiger partial charge on any atom is -0.378 e. The highest BCUT2D eigenvalue weighted by atomic mass is 35.5. The number of hydrogen-bond donors (Lipinski definition) is 0. The van der Waals surface area contributed by atoms with Crippen LogP contribution >= 0.6 is 22.9 Å². The lowest BCUT2D eigenvalue weighted by atomic mass is 9.93. The van der Waals surface area contributed by atoms with E-state index in [9.17, 15) is 4.79 Å². The van der Waals surface area contributed by atoms with Gasteiger partial charge in [-0.1, -0.05) is 23.7 Å². The number of hydrogen-bond acceptors (Lipinski definition) is 4. The van der Waals surface area contributed by atoms with Gasteiger partial charge >= 0.3 is 0 Å². The molecule has 6 heteroatoms. The zero-order valence-corrected chi connectivity index (χ0v) is 15.8. The van der Waals surface area contributed by atoms with Crippen LogP contribution in [0.2, 0.25) is 5.02 Å². The summed E-state index contributed by atoms with van der Waals surface area (Å²) in [5.74, 6) is 0.364. The average Bonchev–Trinajstić information content (AvgIpc) is 3.04. The topological polar surface area (TPSA) is 32.8 Å². The van der Waals surface area contributed by atoms with Gasteiger partial charge in [0.2, 0.25) is 0 Å². The van der Waals surface area contributed by atoms with Crippen molar-refractivity contribution in [1.82, 2.24) is 4.90 Å². The number of ether oxygens (including phenoxy) is 1. The molecule has 3 heterocycles. The zero-order valence-electron chi connectivity index (χ0n) is 14.2. The zero-order chi connectivity index (χ0) is 17.4. The molecule has 1 unspecified atom stereocenters. The number of halogens is 1. The Labute approximate surface area is 156 Å². The molecule has 1 amide bonds. The third-order valence-electron chi connectivity index (χ3n) is 4.99. The van der Waals surface area contributed by atoms with Gasteiger partial charge in [-0.15, -0.1) is 11.3 Å². The number of carbonyl (C=O) groups is 1. The number of carbonyl (C=O) groups excluding carboxylic acids is 1. The van der Waals surface area contributed by atoms with E-state index in [1.807, 2.05) is 24.1 Å². The molecule has 1 aromatic carbocycles. The number of benzene rings is 1. The van der Waals surface area contributed by atoms with Crippen molar-refractivity contribution in [2.24, 2.45) is 0 Å². The second-order valence-electron chi connectivity index (χ2n) is 6.58. The lowest BCUT2D eigenvalue weighted by Gasteiger charge is -2.27. The molecule has 1 atom stereocenters. The molecule has 1 fully saturated rings. The van der Waals surface area contributed by atoms with E-state index in [-0.39, 0.29) is 11.8 Å². The predicted molar refractivity (Wildman–Crippen MR) is 102 cm³/mol. The maximum absolute atomic E-state index is 12.8. The first-order chi connectivity index (χ1) is 12.1. The number of morpholine rings is 1. The quantitative estimate of drug-likeness (QED) is 0.798. The van der Waals surface area contributed by atoms with Crippen molar-refractivity contribution in [2.45, 2.75) is 12.3 Å². The van der Waals surface area contributed by atoms with E-state index < -0.39 is 0 Å². The number of amides is 1. The van der Waals surface area contributed by atoms with Crippen LogP contribution in [0.25, 0.3) is 0 Å². The molecule has 2 aliphatic rings. The largest absolute Gasteiger partial charge is 0.378 e. The van der Waals surface area contributed by atoms with Crippen molar-refractivity contribution in [3.63, 3.8) is 0 Å². The second-order valence-corrected chi connectivity index (χ2v) is 8.08. The smallest absolute Gasteiger partial charge is 0.254 e. The fourth-order valence-electron chi connectivity index (χ4n) is 3.53. The highest BCUT2D eigenvalue weighted by Crippen LogP contribution is 2.42. The van der Waals surface area contributed by atoms with Crippen LogP contribution in [-0.2, 0) is 4.74 Å². The summed E-state index contributed by atoms with van der Waals surface area (Å²) < 4.78 is 5.46. The van der Waals surface area contributed by atoms with E-state index in [4.69, 9.17) is 16.3 Å². The highest BCUT2D eigenvalue weighted by Gasteiger charge is 2.31. The third-order valence-corrected chi connectivity index (χ3v) is 6.55. The fraction of sp³-hybridized carbons (Fsp3) is 0.421. The molecule has 25 heavy (non-hydrogen) atoms. The van der Waals surface area contributed by atoms with Crippen LogP contribution in [-0.4, -0.2) is 50.7 Å². The Hall–Kier alpha value is -1.56. The van der Waals surface area contributed by atoms with Gasteiger partial charge in [0, 0.05) is 42.5 Å². The molecular weight excluding hydrogens is 356 g/mol. The van der Waals surface area contributed by atoms with Crippen LogP contribution in [0.3, 0.4) is 0 Å². The summed E-state index contributed by atoms with van der Waals surface area (Å²) >= 11 is 7.81. The summed E-state index contributed by atoms with van der Waals surface area (Å²) in [6, 6.07) is 10.1. The average molecular weight is 377 g/mol. The molecule has 0 N–H and O–H groups in total. The lowest BCUT2D eigenvalue weighted by Crippen LogP contribution is -2.35. The maximum Gasteiger partial charge on any atom is 0.254 e. The van der Waals surface area contributed by atoms with E-state index in [0.29, 0.717) is 0 Å². The molecule has 2 aliphatic heterocycles. The van der Waals surface area contributed by atoms with Gasteiger partial charge in [0.25, 0.3) is 5.91 Å². The van der Waals surface area contributed by atoms with E-state index in [1.165, 1.54) is 15.4 Å².